The second kappa shape index (κ2) is 2.70. The molecule has 1 N–H and O–H groups in total. The lowest BCUT2D eigenvalue weighted by atomic mass is 10.2. The van der Waals surface area contributed by atoms with E-state index >= 15 is 0 Å². The van der Waals surface area contributed by atoms with Gasteiger partial charge in [0.1, 0.15) is 0 Å². The van der Waals surface area contributed by atoms with E-state index in [0.29, 0.717) is 6.41 Å². The van der Waals surface area contributed by atoms with E-state index in [9.17, 15) is 4.79 Å². The van der Waals surface area contributed by atoms with Crippen molar-refractivity contribution in [3.63, 3.8) is 0 Å². The van der Waals surface area contributed by atoms with Crippen molar-refractivity contribution in [2.24, 2.45) is 0 Å². The van der Waals surface area contributed by atoms with Gasteiger partial charge in [-0.15, -0.1) is 0 Å². The van der Waals surface area contributed by atoms with Gasteiger partial charge in [-0.2, -0.15) is 0 Å². The smallest absolute Gasteiger partial charge is 0.211 e. The van der Waals surface area contributed by atoms with E-state index in [1.165, 1.54) is 0 Å². The number of hydrogen-bond donors (Lipinski definition) is 1. The molecule has 60 valence electrons. The number of anilines is 1. The number of rotatable bonds is 2. The molecule has 1 heterocycles. The number of furan rings is 1. The first-order chi connectivity index (χ1) is 5.90. The van der Waals surface area contributed by atoms with Crippen molar-refractivity contribution in [1.82, 2.24) is 0 Å². The standard InChI is InChI=1S/C9H7NO2/c11-6-10-9-2-1-7-4-12-5-8(7)3-9/h1-6H,(H,10,11). The third-order valence-electron chi connectivity index (χ3n) is 1.70. The minimum absolute atomic E-state index is 0.654. The molecule has 12 heavy (non-hydrogen) atoms. The molecule has 3 nitrogen and oxygen atoms in total. The molecular weight excluding hydrogens is 154 g/mol. The zero-order valence-electron chi connectivity index (χ0n) is 6.28. The normalized spacial score (nSPS) is 10.0. The Morgan fingerprint density at radius 1 is 1.25 bits per heavy atom. The molecule has 2 rings (SSSR count). The summed E-state index contributed by atoms with van der Waals surface area (Å²) in [5, 5.41) is 4.59. The van der Waals surface area contributed by atoms with Crippen LogP contribution in [0.5, 0.6) is 0 Å². The molecule has 0 saturated heterocycles. The summed E-state index contributed by atoms with van der Waals surface area (Å²) >= 11 is 0. The largest absolute Gasteiger partial charge is 0.471 e. The van der Waals surface area contributed by atoms with Gasteiger partial charge in [-0.3, -0.25) is 4.79 Å². The van der Waals surface area contributed by atoms with Crippen LogP contribution in [-0.4, -0.2) is 6.41 Å². The molecule has 0 saturated carbocycles. The van der Waals surface area contributed by atoms with E-state index in [1.54, 1.807) is 12.5 Å². The van der Waals surface area contributed by atoms with Crippen LogP contribution in [0.25, 0.3) is 10.8 Å². The summed E-state index contributed by atoms with van der Waals surface area (Å²) in [7, 11) is 0. The van der Waals surface area contributed by atoms with Gasteiger partial charge in [0.15, 0.2) is 0 Å². The molecule has 0 spiro atoms. The van der Waals surface area contributed by atoms with Gasteiger partial charge in [0.25, 0.3) is 0 Å². The van der Waals surface area contributed by atoms with Crippen molar-refractivity contribution in [3.8, 4) is 0 Å². The quantitative estimate of drug-likeness (QED) is 0.684. The third kappa shape index (κ3) is 1.05. The molecule has 2 aromatic rings. The van der Waals surface area contributed by atoms with E-state index in [-0.39, 0.29) is 0 Å². The second-order valence-corrected chi connectivity index (χ2v) is 2.48. The Balaban J connectivity index is 2.52. The molecule has 0 fully saturated rings. The Bertz CT molecular complexity index is 406. The average molecular weight is 161 g/mol. The van der Waals surface area contributed by atoms with Crippen LogP contribution >= 0.6 is 0 Å². The molecule has 0 aliphatic rings. The molecule has 3 heteroatoms. The van der Waals surface area contributed by atoms with Crippen LogP contribution in [0.1, 0.15) is 0 Å². The maximum absolute atomic E-state index is 10.1. The molecule has 1 aromatic heterocycles. The summed E-state index contributed by atoms with van der Waals surface area (Å²) in [6.07, 6.45) is 3.96. The lowest BCUT2D eigenvalue weighted by Gasteiger charge is -1.96. The van der Waals surface area contributed by atoms with Crippen LogP contribution in [-0.2, 0) is 4.79 Å². The van der Waals surface area contributed by atoms with E-state index in [2.05, 4.69) is 5.32 Å². The Morgan fingerprint density at radius 3 is 2.92 bits per heavy atom. The van der Waals surface area contributed by atoms with Crippen LogP contribution < -0.4 is 5.32 Å². The van der Waals surface area contributed by atoms with Gasteiger partial charge < -0.3 is 9.73 Å². The Kier molecular flexibility index (Phi) is 1.55. The number of amides is 1. The van der Waals surface area contributed by atoms with Crippen LogP contribution in [0.3, 0.4) is 0 Å². The predicted octanol–water partition coefficient (Wildman–Crippen LogP) is 2.00. The summed E-state index contributed by atoms with van der Waals surface area (Å²) in [4.78, 5) is 10.1. The molecule has 0 atom stereocenters. The Labute approximate surface area is 69.0 Å². The molecule has 0 radical (unpaired) electrons. The second-order valence-electron chi connectivity index (χ2n) is 2.48. The third-order valence-corrected chi connectivity index (χ3v) is 1.70. The summed E-state index contributed by atoms with van der Waals surface area (Å²) in [5.74, 6) is 0. The highest BCUT2D eigenvalue weighted by atomic mass is 16.3. The minimum atomic E-state index is 0.654. The molecule has 0 bridgehead atoms. The fraction of sp³-hybridized carbons (Fsp3) is 0. The van der Waals surface area contributed by atoms with E-state index < -0.39 is 0 Å². The molecule has 0 aliphatic heterocycles. The van der Waals surface area contributed by atoms with Crippen LogP contribution in [0.15, 0.2) is 35.1 Å². The van der Waals surface area contributed by atoms with Gasteiger partial charge in [0.05, 0.1) is 12.5 Å². The fourth-order valence-electron chi connectivity index (χ4n) is 1.12. The van der Waals surface area contributed by atoms with E-state index in [1.807, 2.05) is 18.2 Å². The van der Waals surface area contributed by atoms with Gasteiger partial charge in [-0.1, -0.05) is 0 Å². The lowest BCUT2D eigenvalue weighted by molar-refractivity contribution is -0.105. The zero-order chi connectivity index (χ0) is 8.39. The minimum Gasteiger partial charge on any atom is -0.471 e. The van der Waals surface area contributed by atoms with Gasteiger partial charge in [0.2, 0.25) is 6.41 Å². The number of benzene rings is 1. The SMILES string of the molecule is O=CNc1ccc2cocc2c1. The van der Waals surface area contributed by atoms with Crippen molar-refractivity contribution < 1.29 is 9.21 Å². The van der Waals surface area contributed by atoms with Gasteiger partial charge >= 0.3 is 0 Å². The monoisotopic (exact) mass is 161 g/mol. The van der Waals surface area contributed by atoms with Crippen molar-refractivity contribution in [3.05, 3.63) is 30.7 Å². The predicted molar refractivity (Wildman–Crippen MR) is 45.9 cm³/mol. The van der Waals surface area contributed by atoms with Gasteiger partial charge in [-0.05, 0) is 18.2 Å². The first kappa shape index (κ1) is 6.91. The van der Waals surface area contributed by atoms with Crippen molar-refractivity contribution in [2.75, 3.05) is 5.32 Å². The number of fused-ring (bicyclic) bond motifs is 1. The number of carbonyl (C=O) groups is 1. The van der Waals surface area contributed by atoms with Gasteiger partial charge in [0, 0.05) is 16.5 Å². The fourth-order valence-corrected chi connectivity index (χ4v) is 1.12. The highest BCUT2D eigenvalue weighted by Crippen LogP contribution is 2.19. The molecule has 1 aromatic carbocycles. The molecule has 0 aliphatic carbocycles. The Morgan fingerprint density at radius 2 is 2.08 bits per heavy atom. The maximum atomic E-state index is 10.1. The van der Waals surface area contributed by atoms with Crippen molar-refractivity contribution >= 4 is 22.9 Å². The molecule has 1 amide bonds. The highest BCUT2D eigenvalue weighted by Gasteiger charge is 1.96. The summed E-state index contributed by atoms with van der Waals surface area (Å²) in [6, 6.07) is 5.57. The maximum Gasteiger partial charge on any atom is 0.211 e. The number of carbonyl (C=O) groups excluding carboxylic acids is 1. The van der Waals surface area contributed by atoms with E-state index in [4.69, 9.17) is 4.42 Å². The first-order valence-corrected chi connectivity index (χ1v) is 3.56. The summed E-state index contributed by atoms with van der Waals surface area (Å²) in [5.41, 5.74) is 0.777. The summed E-state index contributed by atoms with van der Waals surface area (Å²) < 4.78 is 4.98. The molecule has 0 unspecified atom stereocenters. The van der Waals surface area contributed by atoms with Crippen LogP contribution in [0.2, 0.25) is 0 Å². The zero-order valence-corrected chi connectivity index (χ0v) is 6.28. The van der Waals surface area contributed by atoms with E-state index in [0.717, 1.165) is 16.5 Å². The number of hydrogen-bond acceptors (Lipinski definition) is 2. The van der Waals surface area contributed by atoms with Crippen LogP contribution in [0, 0.1) is 0 Å². The first-order valence-electron chi connectivity index (χ1n) is 3.56. The molecular formula is C9H7NO2. The van der Waals surface area contributed by atoms with Crippen molar-refractivity contribution in [2.45, 2.75) is 0 Å². The van der Waals surface area contributed by atoms with Crippen LogP contribution in [0.4, 0.5) is 5.69 Å². The van der Waals surface area contributed by atoms with Gasteiger partial charge in [-0.25, -0.2) is 0 Å². The average Bonchev–Trinajstić information content (AvgIpc) is 2.51. The summed E-state index contributed by atoms with van der Waals surface area (Å²) in [6.45, 7) is 0. The topological polar surface area (TPSA) is 42.2 Å². The van der Waals surface area contributed by atoms with Crippen molar-refractivity contribution in [1.29, 1.82) is 0 Å². The lowest BCUT2D eigenvalue weighted by Crippen LogP contribution is -1.92. The number of nitrogens with one attached hydrogen (secondary N) is 1. The highest BCUT2D eigenvalue weighted by molar-refractivity contribution is 5.86. The Hall–Kier alpha value is -1.77.